The fourth-order valence-electron chi connectivity index (χ4n) is 2.35. The molecule has 0 saturated carbocycles. The molecule has 0 aromatic heterocycles. The highest BCUT2D eigenvalue weighted by Gasteiger charge is 2.40. The predicted molar refractivity (Wildman–Crippen MR) is 86.2 cm³/mol. The summed E-state index contributed by atoms with van der Waals surface area (Å²) in [5.41, 5.74) is 0.271. The van der Waals surface area contributed by atoms with Gasteiger partial charge in [-0.2, -0.15) is 0 Å². The van der Waals surface area contributed by atoms with E-state index in [9.17, 15) is 19.7 Å². The van der Waals surface area contributed by atoms with Gasteiger partial charge in [-0.3, -0.25) is 24.6 Å². The summed E-state index contributed by atoms with van der Waals surface area (Å²) in [4.78, 5) is 36.0. The minimum atomic E-state index is -0.665. The lowest BCUT2D eigenvalue weighted by atomic mass is 10.1. The Labute approximate surface area is 139 Å². The summed E-state index contributed by atoms with van der Waals surface area (Å²) in [6.07, 6.45) is 0. The van der Waals surface area contributed by atoms with E-state index in [1.54, 1.807) is 12.1 Å². The molecule has 0 saturated heterocycles. The lowest BCUT2D eigenvalue weighted by molar-refractivity contribution is -0.385. The third kappa shape index (κ3) is 2.68. The number of rotatable bonds is 4. The summed E-state index contributed by atoms with van der Waals surface area (Å²) < 4.78 is 0.902. The number of nitrogens with zero attached hydrogens (tertiary/aromatic N) is 2. The molecule has 0 aliphatic carbocycles. The normalized spacial score (nSPS) is 13.2. The molecular weight excluding hydrogens is 366 g/mol. The van der Waals surface area contributed by atoms with Crippen molar-refractivity contribution < 1.29 is 14.5 Å². The van der Waals surface area contributed by atoms with Gasteiger partial charge in [0.25, 0.3) is 17.5 Å². The van der Waals surface area contributed by atoms with E-state index in [0.29, 0.717) is 0 Å². The van der Waals surface area contributed by atoms with Gasteiger partial charge in [-0.05, 0) is 30.3 Å². The van der Waals surface area contributed by atoms with Crippen molar-refractivity contribution >= 4 is 39.1 Å². The fourth-order valence-corrected chi connectivity index (χ4v) is 2.61. The van der Waals surface area contributed by atoms with Crippen LogP contribution in [-0.2, 0) is 0 Å². The Morgan fingerprint density at radius 1 is 1.09 bits per heavy atom. The number of amides is 2. The van der Waals surface area contributed by atoms with Crippen molar-refractivity contribution in [3.63, 3.8) is 0 Å². The van der Waals surface area contributed by atoms with Crippen LogP contribution in [0.5, 0.6) is 0 Å². The first-order valence-corrected chi connectivity index (χ1v) is 7.41. The highest BCUT2D eigenvalue weighted by molar-refractivity contribution is 9.10. The molecule has 116 valence electrons. The van der Waals surface area contributed by atoms with Crippen molar-refractivity contribution in [2.75, 3.05) is 12.0 Å². The van der Waals surface area contributed by atoms with Gasteiger partial charge >= 0.3 is 0 Å². The number of benzene rings is 2. The zero-order valence-corrected chi connectivity index (χ0v) is 13.2. The largest absolute Gasteiger partial charge is 0.367 e. The van der Waals surface area contributed by atoms with E-state index in [-0.39, 0.29) is 23.5 Å². The van der Waals surface area contributed by atoms with Gasteiger partial charge in [0.05, 0.1) is 17.2 Å². The smallest absolute Gasteiger partial charge is 0.282 e. The van der Waals surface area contributed by atoms with E-state index >= 15 is 0 Å². The first-order chi connectivity index (χ1) is 11.0. The van der Waals surface area contributed by atoms with Crippen LogP contribution in [0, 0.1) is 10.1 Å². The third-order valence-corrected chi connectivity index (χ3v) is 3.99. The number of nitro benzene ring substituents is 1. The monoisotopic (exact) mass is 375 g/mol. The number of carbonyl (C=O) groups excluding carboxylic acids is 2. The summed E-state index contributed by atoms with van der Waals surface area (Å²) in [7, 11) is 0. The topological polar surface area (TPSA) is 92.5 Å². The lowest BCUT2D eigenvalue weighted by Crippen LogP contribution is -2.34. The van der Waals surface area contributed by atoms with Gasteiger partial charge < -0.3 is 5.32 Å². The SMILES string of the molecule is O=C1c2cccc([N+](=O)[O-])c2C(=O)N1CNc1ccc(Br)cc1. The maximum Gasteiger partial charge on any atom is 0.282 e. The Kier molecular flexibility index (Phi) is 3.83. The molecule has 0 unspecified atom stereocenters. The quantitative estimate of drug-likeness (QED) is 0.503. The van der Waals surface area contributed by atoms with Crippen molar-refractivity contribution in [1.82, 2.24) is 4.90 Å². The third-order valence-electron chi connectivity index (χ3n) is 3.46. The van der Waals surface area contributed by atoms with Gasteiger partial charge in [0, 0.05) is 16.2 Å². The summed E-state index contributed by atoms with van der Waals surface area (Å²) in [5.74, 6) is -1.21. The minimum absolute atomic E-state index is 0.0572. The Morgan fingerprint density at radius 2 is 1.78 bits per heavy atom. The number of carbonyl (C=O) groups is 2. The maximum atomic E-state index is 12.4. The summed E-state index contributed by atoms with van der Waals surface area (Å²) in [6, 6.07) is 11.2. The van der Waals surface area contributed by atoms with Gasteiger partial charge in [-0.15, -0.1) is 0 Å². The first-order valence-electron chi connectivity index (χ1n) is 6.62. The summed E-state index contributed by atoms with van der Waals surface area (Å²) >= 11 is 3.31. The molecule has 1 aliphatic heterocycles. The van der Waals surface area contributed by atoms with Crippen LogP contribution < -0.4 is 5.32 Å². The highest BCUT2D eigenvalue weighted by Crippen LogP contribution is 2.30. The van der Waals surface area contributed by atoms with E-state index in [1.165, 1.54) is 18.2 Å². The average Bonchev–Trinajstić information content (AvgIpc) is 2.78. The lowest BCUT2D eigenvalue weighted by Gasteiger charge is -2.15. The van der Waals surface area contributed by atoms with E-state index in [4.69, 9.17) is 0 Å². The molecule has 2 aromatic carbocycles. The van der Waals surface area contributed by atoms with Crippen LogP contribution in [0.25, 0.3) is 0 Å². The van der Waals surface area contributed by atoms with Crippen molar-refractivity contribution in [2.24, 2.45) is 0 Å². The van der Waals surface area contributed by atoms with E-state index in [1.807, 2.05) is 12.1 Å². The van der Waals surface area contributed by atoms with Gasteiger partial charge in [0.2, 0.25) is 0 Å². The molecule has 0 atom stereocenters. The number of halogens is 1. The zero-order chi connectivity index (χ0) is 16.6. The Balaban J connectivity index is 1.84. The van der Waals surface area contributed by atoms with Gasteiger partial charge in [-0.25, -0.2) is 0 Å². The average molecular weight is 376 g/mol. The molecule has 7 nitrogen and oxygen atoms in total. The second kappa shape index (κ2) is 5.81. The maximum absolute atomic E-state index is 12.4. The zero-order valence-electron chi connectivity index (χ0n) is 11.7. The van der Waals surface area contributed by atoms with Crippen LogP contribution in [0.2, 0.25) is 0 Å². The number of hydrogen-bond acceptors (Lipinski definition) is 5. The molecule has 2 amide bonds. The second-order valence-corrected chi connectivity index (χ2v) is 5.75. The molecule has 1 aliphatic rings. The molecule has 0 radical (unpaired) electrons. The van der Waals surface area contributed by atoms with Crippen LogP contribution in [0.15, 0.2) is 46.9 Å². The Morgan fingerprint density at radius 3 is 2.43 bits per heavy atom. The van der Waals surface area contributed by atoms with Crippen molar-refractivity contribution in [2.45, 2.75) is 0 Å². The molecule has 1 heterocycles. The number of anilines is 1. The Hall–Kier alpha value is -2.74. The van der Waals surface area contributed by atoms with Gasteiger partial charge in [0.15, 0.2) is 0 Å². The fraction of sp³-hybridized carbons (Fsp3) is 0.0667. The minimum Gasteiger partial charge on any atom is -0.367 e. The number of nitro groups is 1. The molecule has 0 bridgehead atoms. The van der Waals surface area contributed by atoms with Crippen LogP contribution >= 0.6 is 15.9 Å². The second-order valence-electron chi connectivity index (χ2n) is 4.84. The number of hydrogen-bond donors (Lipinski definition) is 1. The van der Waals surface area contributed by atoms with Crippen LogP contribution in [-0.4, -0.2) is 28.3 Å². The standard InChI is InChI=1S/C15H10BrN3O4/c16-9-4-6-10(7-5-9)17-8-18-14(20)11-2-1-3-12(19(22)23)13(11)15(18)21/h1-7,17H,8H2. The predicted octanol–water partition coefficient (Wildman–Crippen LogP) is 3.02. The van der Waals surface area contributed by atoms with E-state index in [2.05, 4.69) is 21.2 Å². The summed E-state index contributed by atoms with van der Waals surface area (Å²) in [5, 5.41) is 14.0. The summed E-state index contributed by atoms with van der Waals surface area (Å²) in [6.45, 7) is -0.0644. The molecule has 8 heteroatoms. The van der Waals surface area contributed by atoms with Crippen LogP contribution in [0.3, 0.4) is 0 Å². The van der Waals surface area contributed by atoms with Crippen molar-refractivity contribution in [1.29, 1.82) is 0 Å². The van der Waals surface area contributed by atoms with E-state index < -0.39 is 16.7 Å². The van der Waals surface area contributed by atoms with E-state index in [0.717, 1.165) is 15.1 Å². The molecule has 1 N–H and O–H groups in total. The molecular formula is C15H10BrN3O4. The molecule has 0 spiro atoms. The van der Waals surface area contributed by atoms with Crippen molar-refractivity contribution in [3.8, 4) is 0 Å². The Bertz CT molecular complexity index is 820. The molecule has 0 fully saturated rings. The number of fused-ring (bicyclic) bond motifs is 1. The molecule has 23 heavy (non-hydrogen) atoms. The van der Waals surface area contributed by atoms with Crippen LogP contribution in [0.1, 0.15) is 20.7 Å². The highest BCUT2D eigenvalue weighted by atomic mass is 79.9. The number of nitrogens with one attached hydrogen (secondary N) is 1. The van der Waals surface area contributed by atoms with Gasteiger partial charge in [-0.1, -0.05) is 22.0 Å². The first kappa shape index (κ1) is 15.2. The van der Waals surface area contributed by atoms with Crippen LogP contribution in [0.4, 0.5) is 11.4 Å². The molecule has 2 aromatic rings. The molecule has 3 rings (SSSR count). The number of imide groups is 1. The van der Waals surface area contributed by atoms with Crippen molar-refractivity contribution in [3.05, 3.63) is 68.2 Å². The van der Waals surface area contributed by atoms with Gasteiger partial charge in [0.1, 0.15) is 5.56 Å².